The van der Waals surface area contributed by atoms with Gasteiger partial charge in [-0.2, -0.15) is 0 Å². The minimum atomic E-state index is -0.627. The summed E-state index contributed by atoms with van der Waals surface area (Å²) in [6.07, 6.45) is 4.86. The fourth-order valence-electron chi connectivity index (χ4n) is 5.63. The van der Waals surface area contributed by atoms with Gasteiger partial charge in [-0.3, -0.25) is 4.90 Å². The first-order valence-electron chi connectivity index (χ1n) is 12.8. The first-order valence-corrected chi connectivity index (χ1v) is 12.8. The summed E-state index contributed by atoms with van der Waals surface area (Å²) in [6.45, 7) is 9.58. The maximum absolute atomic E-state index is 15.2. The zero-order chi connectivity index (χ0) is 25.6. The quantitative estimate of drug-likeness (QED) is 0.535. The fraction of sp³-hybridized carbons (Fsp3) is 0.444. The molecular weight excluding hydrogens is 476 g/mol. The van der Waals surface area contributed by atoms with E-state index in [0.29, 0.717) is 23.7 Å². The number of anilines is 3. The zero-order valence-corrected chi connectivity index (χ0v) is 21.1. The summed E-state index contributed by atoms with van der Waals surface area (Å²) in [7, 11) is 0. The Balaban J connectivity index is 1.25. The second-order valence-corrected chi connectivity index (χ2v) is 10.6. The number of pyridine rings is 1. The van der Waals surface area contributed by atoms with Crippen LogP contribution < -0.4 is 20.3 Å². The van der Waals surface area contributed by atoms with Crippen LogP contribution in [0, 0.1) is 11.6 Å². The van der Waals surface area contributed by atoms with Gasteiger partial charge in [0.1, 0.15) is 18.1 Å². The number of hydrogen-bond acceptors (Lipinski definition) is 8. The third kappa shape index (κ3) is 4.71. The molecule has 10 heteroatoms. The molecule has 1 aromatic carbocycles. The summed E-state index contributed by atoms with van der Waals surface area (Å²) < 4.78 is 35.8. The molecule has 1 unspecified atom stereocenters. The van der Waals surface area contributed by atoms with E-state index >= 15 is 4.39 Å². The van der Waals surface area contributed by atoms with Crippen molar-refractivity contribution in [2.75, 3.05) is 43.0 Å². The van der Waals surface area contributed by atoms with E-state index in [0.717, 1.165) is 57.3 Å². The van der Waals surface area contributed by atoms with Crippen molar-refractivity contribution in [1.82, 2.24) is 25.2 Å². The highest BCUT2D eigenvalue weighted by molar-refractivity contribution is 5.74. The molecule has 1 atom stereocenters. The number of nitrogens with one attached hydrogen (secondary N) is 2. The summed E-state index contributed by atoms with van der Waals surface area (Å²) in [4.78, 5) is 17.5. The molecule has 2 N–H and O–H groups in total. The Hall–Kier alpha value is -3.37. The Labute approximate surface area is 215 Å². The van der Waals surface area contributed by atoms with Crippen molar-refractivity contribution in [3.8, 4) is 17.0 Å². The minimum absolute atomic E-state index is 0.0219. The number of ether oxygens (including phenoxy) is 1. The van der Waals surface area contributed by atoms with Crippen molar-refractivity contribution in [3.63, 3.8) is 0 Å². The Morgan fingerprint density at radius 1 is 1.11 bits per heavy atom. The van der Waals surface area contributed by atoms with Crippen LogP contribution in [0.5, 0.6) is 5.75 Å². The van der Waals surface area contributed by atoms with E-state index in [-0.39, 0.29) is 29.0 Å². The molecule has 6 rings (SSSR count). The first kappa shape index (κ1) is 24.0. The average Bonchev–Trinajstić information content (AvgIpc) is 3.21. The van der Waals surface area contributed by atoms with Crippen LogP contribution in [-0.4, -0.2) is 64.2 Å². The van der Waals surface area contributed by atoms with Crippen molar-refractivity contribution in [3.05, 3.63) is 53.9 Å². The lowest BCUT2D eigenvalue weighted by Crippen LogP contribution is -2.48. The number of aromatic nitrogens is 3. The van der Waals surface area contributed by atoms with E-state index in [1.165, 1.54) is 6.07 Å². The van der Waals surface area contributed by atoms with Gasteiger partial charge in [0.2, 0.25) is 5.95 Å². The molecule has 0 aliphatic carbocycles. The molecule has 5 heterocycles. The topological polar surface area (TPSA) is 78.4 Å². The monoisotopic (exact) mass is 507 g/mol. The molecular formula is C27H31F2N7O. The fourth-order valence-corrected chi connectivity index (χ4v) is 5.63. The van der Waals surface area contributed by atoms with Gasteiger partial charge in [0, 0.05) is 50.0 Å². The molecule has 3 aromatic rings. The van der Waals surface area contributed by atoms with Crippen LogP contribution in [0.15, 0.2) is 36.7 Å². The number of piperazine rings is 1. The lowest BCUT2D eigenvalue weighted by Gasteiger charge is -2.42. The smallest absolute Gasteiger partial charge is 0.229 e. The molecule has 3 aliphatic rings. The second-order valence-electron chi connectivity index (χ2n) is 10.6. The molecule has 194 valence electrons. The van der Waals surface area contributed by atoms with Gasteiger partial charge in [0.15, 0.2) is 17.4 Å². The van der Waals surface area contributed by atoms with E-state index in [4.69, 9.17) is 4.74 Å². The number of benzene rings is 1. The largest absolute Gasteiger partial charge is 0.486 e. The SMILES string of the molecule is CC1(C)CCC2COc3c(F)cc(-c4nc(Nc5ccc(CN6CCNCC6)cn5)ncc4F)cc3N21. The molecule has 8 nitrogen and oxygen atoms in total. The molecule has 0 radical (unpaired) electrons. The van der Waals surface area contributed by atoms with Crippen LogP contribution in [0.25, 0.3) is 11.3 Å². The highest BCUT2D eigenvalue weighted by atomic mass is 19.1. The summed E-state index contributed by atoms with van der Waals surface area (Å²) in [5.74, 6) is -0.199. The molecule has 2 aromatic heterocycles. The van der Waals surface area contributed by atoms with Crippen molar-refractivity contribution >= 4 is 17.5 Å². The maximum Gasteiger partial charge on any atom is 0.229 e. The van der Waals surface area contributed by atoms with E-state index in [1.54, 1.807) is 6.07 Å². The van der Waals surface area contributed by atoms with Gasteiger partial charge >= 0.3 is 0 Å². The van der Waals surface area contributed by atoms with Crippen molar-refractivity contribution in [2.24, 2.45) is 0 Å². The van der Waals surface area contributed by atoms with Gasteiger partial charge in [-0.05, 0) is 50.5 Å². The van der Waals surface area contributed by atoms with Crippen molar-refractivity contribution < 1.29 is 13.5 Å². The van der Waals surface area contributed by atoms with Gasteiger partial charge in [0.05, 0.1) is 17.9 Å². The van der Waals surface area contributed by atoms with Crippen LogP contribution in [0.1, 0.15) is 32.3 Å². The Morgan fingerprint density at radius 3 is 2.73 bits per heavy atom. The number of halogens is 2. The predicted molar refractivity (Wildman–Crippen MR) is 138 cm³/mol. The molecule has 37 heavy (non-hydrogen) atoms. The van der Waals surface area contributed by atoms with Crippen LogP contribution in [-0.2, 0) is 6.54 Å². The summed E-state index contributed by atoms with van der Waals surface area (Å²) in [5.41, 5.74) is 1.97. The average molecular weight is 508 g/mol. The van der Waals surface area contributed by atoms with E-state index in [9.17, 15) is 4.39 Å². The summed E-state index contributed by atoms with van der Waals surface area (Å²) in [6, 6.07) is 7.09. The number of nitrogens with zero attached hydrogens (tertiary/aromatic N) is 5. The highest BCUT2D eigenvalue weighted by Gasteiger charge is 2.44. The normalized spacial score (nSPS) is 20.8. The molecule has 3 aliphatic heterocycles. The Kier molecular flexibility index (Phi) is 6.16. The Morgan fingerprint density at radius 2 is 1.95 bits per heavy atom. The molecule has 0 amide bonds. The van der Waals surface area contributed by atoms with Gasteiger partial charge in [0.25, 0.3) is 0 Å². The summed E-state index contributed by atoms with van der Waals surface area (Å²) in [5, 5.41) is 6.40. The van der Waals surface area contributed by atoms with E-state index < -0.39 is 11.6 Å². The molecule has 2 saturated heterocycles. The van der Waals surface area contributed by atoms with Gasteiger partial charge in [-0.25, -0.2) is 23.7 Å². The second kappa shape index (κ2) is 9.50. The van der Waals surface area contributed by atoms with Crippen LogP contribution >= 0.6 is 0 Å². The summed E-state index contributed by atoms with van der Waals surface area (Å²) >= 11 is 0. The highest BCUT2D eigenvalue weighted by Crippen LogP contribution is 2.47. The number of hydrogen-bond donors (Lipinski definition) is 2. The Bertz CT molecular complexity index is 1290. The first-order chi connectivity index (χ1) is 17.9. The van der Waals surface area contributed by atoms with Crippen LogP contribution in [0.3, 0.4) is 0 Å². The third-order valence-corrected chi connectivity index (χ3v) is 7.51. The molecule has 0 bridgehead atoms. The maximum atomic E-state index is 15.2. The van der Waals surface area contributed by atoms with Crippen molar-refractivity contribution in [1.29, 1.82) is 0 Å². The molecule has 2 fully saturated rings. The van der Waals surface area contributed by atoms with Crippen LogP contribution in [0.4, 0.5) is 26.2 Å². The standard InChI is InChI=1S/C27H31F2N7O/c1-27(2)6-5-19-16-37-25-20(28)11-18(12-22(25)36(19)27)24-21(29)14-32-26(34-24)33-23-4-3-17(13-31-23)15-35-9-7-30-8-10-35/h3-4,11-14,19,30H,5-10,15-16H2,1-2H3,(H,31,32,33,34). The van der Waals surface area contributed by atoms with Gasteiger partial charge in [-0.1, -0.05) is 6.07 Å². The van der Waals surface area contributed by atoms with Crippen LogP contribution in [0.2, 0.25) is 0 Å². The third-order valence-electron chi connectivity index (χ3n) is 7.51. The van der Waals surface area contributed by atoms with E-state index in [2.05, 4.69) is 49.2 Å². The minimum Gasteiger partial charge on any atom is -0.486 e. The van der Waals surface area contributed by atoms with Gasteiger partial charge in [-0.15, -0.1) is 0 Å². The lowest BCUT2D eigenvalue weighted by molar-refractivity contribution is 0.233. The number of fused-ring (bicyclic) bond motifs is 3. The number of rotatable bonds is 5. The predicted octanol–water partition coefficient (Wildman–Crippen LogP) is 4.11. The zero-order valence-electron chi connectivity index (χ0n) is 21.1. The van der Waals surface area contributed by atoms with Crippen molar-refractivity contribution in [2.45, 2.75) is 44.8 Å². The van der Waals surface area contributed by atoms with Gasteiger partial charge < -0.3 is 20.3 Å². The molecule has 0 saturated carbocycles. The van der Waals surface area contributed by atoms with E-state index in [1.807, 2.05) is 18.3 Å². The molecule has 0 spiro atoms. The lowest BCUT2D eigenvalue weighted by atomic mass is 10.0.